The number of rotatable bonds is 1. The molecule has 0 aliphatic carbocycles. The molecule has 0 saturated carbocycles. The highest BCUT2D eigenvalue weighted by Crippen LogP contribution is 2.15. The molecular formula is C7H6Cl2N2S. The molecule has 0 atom stereocenters. The fraction of sp³-hybridized carbons (Fsp3) is 0. The van der Waals surface area contributed by atoms with E-state index in [-0.39, 0.29) is 5.11 Å². The number of halogens is 2. The van der Waals surface area contributed by atoms with Crippen LogP contribution in [0.4, 0.5) is 5.69 Å². The van der Waals surface area contributed by atoms with Crippen molar-refractivity contribution in [3.05, 3.63) is 30.3 Å². The molecule has 0 spiro atoms. The average Bonchev–Trinajstić information content (AvgIpc) is 2.17. The molecule has 1 aromatic carbocycles. The minimum Gasteiger partial charge on any atom is -0.274 e. The molecule has 0 aromatic heterocycles. The van der Waals surface area contributed by atoms with Crippen LogP contribution in [0.25, 0.3) is 0 Å². The first-order valence-corrected chi connectivity index (χ1v) is 4.29. The normalized spacial score (nSPS) is 9.17. The first kappa shape index (κ1) is 9.58. The van der Waals surface area contributed by atoms with Gasteiger partial charge in [0, 0.05) is 23.6 Å². The Morgan fingerprint density at radius 3 is 2.42 bits per heavy atom. The Kier molecular flexibility index (Phi) is 3.59. The molecule has 0 fully saturated rings. The summed E-state index contributed by atoms with van der Waals surface area (Å²) in [6.07, 6.45) is 0. The van der Waals surface area contributed by atoms with Crippen molar-refractivity contribution in [1.29, 1.82) is 0 Å². The van der Waals surface area contributed by atoms with Crippen LogP contribution in [-0.2, 0) is 0 Å². The van der Waals surface area contributed by atoms with Gasteiger partial charge in [-0.2, -0.15) is 0 Å². The SMILES string of the molecule is S=C(NCl)N(Cl)c1ccccc1. The maximum atomic E-state index is 5.80. The fourth-order valence-corrected chi connectivity index (χ4v) is 1.10. The highest BCUT2D eigenvalue weighted by Gasteiger charge is 2.06. The van der Waals surface area contributed by atoms with Crippen molar-refractivity contribution in [2.75, 3.05) is 4.42 Å². The molecular weight excluding hydrogens is 215 g/mol. The van der Waals surface area contributed by atoms with E-state index < -0.39 is 0 Å². The summed E-state index contributed by atoms with van der Waals surface area (Å²) in [7, 11) is 0. The quantitative estimate of drug-likeness (QED) is 0.579. The molecule has 0 bridgehead atoms. The largest absolute Gasteiger partial charge is 0.274 e. The summed E-state index contributed by atoms with van der Waals surface area (Å²) in [5.74, 6) is 0. The van der Waals surface area contributed by atoms with Gasteiger partial charge in [0.25, 0.3) is 0 Å². The van der Waals surface area contributed by atoms with E-state index in [2.05, 4.69) is 4.84 Å². The minimum atomic E-state index is 0.254. The van der Waals surface area contributed by atoms with Crippen molar-refractivity contribution in [2.24, 2.45) is 0 Å². The Hall–Kier alpha value is -0.510. The molecule has 0 radical (unpaired) electrons. The van der Waals surface area contributed by atoms with Crippen molar-refractivity contribution < 1.29 is 0 Å². The average molecular weight is 221 g/mol. The van der Waals surface area contributed by atoms with Crippen molar-refractivity contribution >= 4 is 46.6 Å². The van der Waals surface area contributed by atoms with Crippen LogP contribution in [0.15, 0.2) is 30.3 Å². The molecule has 0 heterocycles. The van der Waals surface area contributed by atoms with Crippen molar-refractivity contribution in [2.45, 2.75) is 0 Å². The van der Waals surface area contributed by atoms with Gasteiger partial charge >= 0.3 is 0 Å². The van der Waals surface area contributed by atoms with Crippen LogP contribution < -0.4 is 9.25 Å². The van der Waals surface area contributed by atoms with E-state index in [1.807, 2.05) is 30.3 Å². The van der Waals surface area contributed by atoms with E-state index >= 15 is 0 Å². The van der Waals surface area contributed by atoms with Gasteiger partial charge in [-0.1, -0.05) is 18.2 Å². The maximum absolute atomic E-state index is 5.80. The smallest absolute Gasteiger partial charge is 0.203 e. The van der Waals surface area contributed by atoms with E-state index in [4.69, 9.17) is 35.8 Å². The fourth-order valence-electron chi connectivity index (χ4n) is 0.713. The zero-order chi connectivity index (χ0) is 8.97. The van der Waals surface area contributed by atoms with Crippen LogP contribution in [0.5, 0.6) is 0 Å². The summed E-state index contributed by atoms with van der Waals surface area (Å²) in [6, 6.07) is 9.27. The zero-order valence-corrected chi connectivity index (χ0v) is 8.33. The molecule has 1 aromatic rings. The number of nitrogens with one attached hydrogen (secondary N) is 1. The van der Waals surface area contributed by atoms with Crippen molar-refractivity contribution in [3.8, 4) is 0 Å². The van der Waals surface area contributed by atoms with E-state index in [0.717, 1.165) is 5.69 Å². The summed E-state index contributed by atoms with van der Waals surface area (Å²) >= 11 is 15.9. The first-order valence-electron chi connectivity index (χ1n) is 3.17. The van der Waals surface area contributed by atoms with Gasteiger partial charge in [-0.3, -0.25) is 4.84 Å². The minimum absolute atomic E-state index is 0.254. The number of hydrogen-bond donors (Lipinski definition) is 1. The summed E-state index contributed by atoms with van der Waals surface area (Å²) < 4.78 is 1.27. The second-order valence-corrected chi connectivity index (χ2v) is 2.93. The van der Waals surface area contributed by atoms with Crippen LogP contribution in [0, 0.1) is 0 Å². The van der Waals surface area contributed by atoms with Gasteiger partial charge in [0.1, 0.15) is 0 Å². The van der Waals surface area contributed by atoms with Crippen LogP contribution in [-0.4, -0.2) is 5.11 Å². The Bertz CT molecular complexity index is 265. The lowest BCUT2D eigenvalue weighted by molar-refractivity contribution is 1.41. The Morgan fingerprint density at radius 2 is 1.92 bits per heavy atom. The third-order valence-corrected chi connectivity index (χ3v) is 2.28. The van der Waals surface area contributed by atoms with Crippen LogP contribution in [0.3, 0.4) is 0 Å². The van der Waals surface area contributed by atoms with Gasteiger partial charge in [0.2, 0.25) is 5.11 Å². The second-order valence-electron chi connectivity index (χ2n) is 2.02. The van der Waals surface area contributed by atoms with Gasteiger partial charge in [0.05, 0.1) is 5.69 Å². The predicted octanol–water partition coefficient (Wildman–Crippen LogP) is 2.68. The van der Waals surface area contributed by atoms with Crippen molar-refractivity contribution in [1.82, 2.24) is 4.84 Å². The molecule has 12 heavy (non-hydrogen) atoms. The van der Waals surface area contributed by atoms with Gasteiger partial charge in [0.15, 0.2) is 0 Å². The molecule has 0 saturated heterocycles. The topological polar surface area (TPSA) is 15.3 Å². The lowest BCUT2D eigenvalue weighted by Crippen LogP contribution is -2.27. The molecule has 0 unspecified atom stereocenters. The number of thiocarbonyl (C=S) groups is 1. The second kappa shape index (κ2) is 4.50. The molecule has 0 aliphatic rings. The highest BCUT2D eigenvalue weighted by molar-refractivity contribution is 7.80. The number of para-hydroxylation sites is 1. The maximum Gasteiger partial charge on any atom is 0.203 e. The molecule has 0 amide bonds. The number of nitrogens with zero attached hydrogens (tertiary/aromatic N) is 1. The van der Waals surface area contributed by atoms with Gasteiger partial charge in [-0.15, -0.1) is 0 Å². The molecule has 2 nitrogen and oxygen atoms in total. The summed E-state index contributed by atoms with van der Waals surface area (Å²) in [6.45, 7) is 0. The van der Waals surface area contributed by atoms with Gasteiger partial charge < -0.3 is 0 Å². The Labute approximate surface area is 86.3 Å². The van der Waals surface area contributed by atoms with Gasteiger partial charge in [-0.05, 0) is 24.4 Å². The first-order chi connectivity index (χ1) is 5.75. The van der Waals surface area contributed by atoms with Crippen LogP contribution in [0.1, 0.15) is 0 Å². The highest BCUT2D eigenvalue weighted by atomic mass is 35.5. The summed E-state index contributed by atoms with van der Waals surface area (Å²) in [5, 5.41) is 0.254. The standard InChI is InChI=1S/C7H6Cl2N2S/c8-10-7(12)11(9)6-4-2-1-3-5-6/h1-5H,(H,10,12). The molecule has 5 heteroatoms. The van der Waals surface area contributed by atoms with E-state index in [0.29, 0.717) is 0 Å². The molecule has 1 N–H and O–H groups in total. The molecule has 64 valence electrons. The monoisotopic (exact) mass is 220 g/mol. The number of anilines is 1. The van der Waals surface area contributed by atoms with Crippen LogP contribution in [0.2, 0.25) is 0 Å². The Balaban J connectivity index is 2.78. The van der Waals surface area contributed by atoms with E-state index in [1.165, 1.54) is 4.42 Å². The summed E-state index contributed by atoms with van der Waals surface area (Å²) in [4.78, 5) is 2.26. The molecule has 0 aliphatic heterocycles. The predicted molar refractivity (Wildman–Crippen MR) is 56.4 cm³/mol. The summed E-state index contributed by atoms with van der Waals surface area (Å²) in [5.41, 5.74) is 0.775. The van der Waals surface area contributed by atoms with Crippen LogP contribution >= 0.6 is 35.8 Å². The van der Waals surface area contributed by atoms with Gasteiger partial charge in [-0.25, -0.2) is 4.42 Å². The van der Waals surface area contributed by atoms with E-state index in [9.17, 15) is 0 Å². The third-order valence-electron chi connectivity index (χ3n) is 1.24. The molecule has 1 rings (SSSR count). The zero-order valence-electron chi connectivity index (χ0n) is 6.00. The number of hydrogen-bond acceptors (Lipinski definition) is 1. The lowest BCUT2D eigenvalue weighted by atomic mass is 10.3. The number of benzene rings is 1. The van der Waals surface area contributed by atoms with Crippen molar-refractivity contribution in [3.63, 3.8) is 0 Å². The third kappa shape index (κ3) is 2.24. The van der Waals surface area contributed by atoms with E-state index in [1.54, 1.807) is 0 Å². The Morgan fingerprint density at radius 1 is 1.33 bits per heavy atom. The lowest BCUT2D eigenvalue weighted by Gasteiger charge is -2.14.